The molecule has 1 aromatic heterocycles. The van der Waals surface area contributed by atoms with Crippen LogP contribution in [0, 0.1) is 0 Å². The molecule has 0 aromatic carbocycles. The lowest BCUT2D eigenvalue weighted by atomic mass is 9.86. The van der Waals surface area contributed by atoms with Gasteiger partial charge < -0.3 is 14.8 Å². The van der Waals surface area contributed by atoms with E-state index in [4.69, 9.17) is 26.4 Å². The Balaban J connectivity index is 2.47. The molecular weight excluding hydrogens is 258 g/mol. The van der Waals surface area contributed by atoms with Crippen LogP contribution in [0.15, 0.2) is 6.20 Å². The van der Waals surface area contributed by atoms with Gasteiger partial charge >= 0.3 is 7.12 Å². The smallest absolute Gasteiger partial charge is 0.422 e. The lowest BCUT2D eigenvalue weighted by Crippen LogP contribution is -2.38. The summed E-state index contributed by atoms with van der Waals surface area (Å²) in [6.07, 6.45) is 1.37. The van der Waals surface area contributed by atoms with Gasteiger partial charge in [0, 0.05) is 14.7 Å². The number of rotatable bonds is 6. The Bertz CT molecular complexity index is 368. The van der Waals surface area contributed by atoms with E-state index in [1.807, 2.05) is 0 Å². The van der Waals surface area contributed by atoms with Crippen LogP contribution in [0.5, 0.6) is 0 Å². The van der Waals surface area contributed by atoms with Crippen LogP contribution in [0.3, 0.4) is 0 Å². The van der Waals surface area contributed by atoms with Crippen LogP contribution in [-0.4, -0.2) is 41.6 Å². The number of hydrogen-bond donors (Lipinski definition) is 2. The summed E-state index contributed by atoms with van der Waals surface area (Å²) < 4.78 is 6.81. The summed E-state index contributed by atoms with van der Waals surface area (Å²) in [4.78, 5) is 0. The maximum Gasteiger partial charge on any atom is 0.509 e. The number of nitrogens with zero attached hydrogens (tertiary/aromatic N) is 2. The van der Waals surface area contributed by atoms with E-state index in [0.29, 0.717) is 6.61 Å². The molecule has 0 fully saturated rings. The van der Waals surface area contributed by atoms with Crippen LogP contribution >= 0.6 is 11.6 Å². The van der Waals surface area contributed by atoms with Crippen molar-refractivity contribution in [3.05, 3.63) is 11.2 Å². The Morgan fingerprint density at radius 2 is 2.12 bits per heavy atom. The van der Waals surface area contributed by atoms with Crippen molar-refractivity contribution in [2.45, 2.75) is 32.4 Å². The minimum absolute atomic E-state index is 0.166. The average Bonchev–Trinajstić information content (AvgIpc) is 2.53. The maximum atomic E-state index is 9.12. The number of ether oxygens (including phenoxy) is 1. The van der Waals surface area contributed by atoms with Crippen molar-refractivity contribution in [2.24, 2.45) is 0 Å². The standard InChI is InChI=1S/C9H18BClN2O3Si/c1-17(2,3)5-4-16-7-13-9(10(14)15)8(11)6-12-13/h6,14-15H,4-5,7H2,1-3H3. The summed E-state index contributed by atoms with van der Waals surface area (Å²) in [6, 6.07) is 1.05. The fourth-order valence-electron chi connectivity index (χ4n) is 1.26. The molecule has 0 atom stereocenters. The molecule has 1 heterocycles. The maximum absolute atomic E-state index is 9.12. The second-order valence-corrected chi connectivity index (χ2v) is 11.1. The zero-order valence-corrected chi connectivity index (χ0v) is 12.1. The van der Waals surface area contributed by atoms with Crippen LogP contribution in [0.4, 0.5) is 0 Å². The molecule has 1 rings (SSSR count). The van der Waals surface area contributed by atoms with Crippen molar-refractivity contribution in [1.82, 2.24) is 9.78 Å². The molecule has 8 heteroatoms. The van der Waals surface area contributed by atoms with Crippen LogP contribution < -0.4 is 5.59 Å². The molecule has 1 aromatic rings. The molecule has 0 unspecified atom stereocenters. The highest BCUT2D eigenvalue weighted by molar-refractivity contribution is 6.76. The van der Waals surface area contributed by atoms with Crippen molar-refractivity contribution in [2.75, 3.05) is 6.61 Å². The highest BCUT2D eigenvalue weighted by atomic mass is 35.5. The van der Waals surface area contributed by atoms with Gasteiger partial charge in [-0.3, -0.25) is 0 Å². The van der Waals surface area contributed by atoms with Gasteiger partial charge in [-0.1, -0.05) is 31.2 Å². The van der Waals surface area contributed by atoms with Crippen LogP contribution in [0.2, 0.25) is 30.7 Å². The Morgan fingerprint density at radius 1 is 1.47 bits per heavy atom. The lowest BCUT2D eigenvalue weighted by molar-refractivity contribution is 0.0802. The van der Waals surface area contributed by atoms with E-state index in [1.54, 1.807) is 0 Å². The van der Waals surface area contributed by atoms with E-state index in [-0.39, 0.29) is 17.3 Å². The molecule has 5 nitrogen and oxygen atoms in total. The molecule has 96 valence electrons. The number of aromatic nitrogens is 2. The third-order valence-corrected chi connectivity index (χ3v) is 4.28. The highest BCUT2D eigenvalue weighted by Gasteiger charge is 2.21. The normalized spacial score (nSPS) is 11.9. The zero-order chi connectivity index (χ0) is 13.1. The fraction of sp³-hybridized carbons (Fsp3) is 0.667. The first kappa shape index (κ1) is 14.7. The third-order valence-electron chi connectivity index (χ3n) is 2.29. The molecular formula is C9H18BClN2O3Si. The van der Waals surface area contributed by atoms with Crippen LogP contribution in [0.25, 0.3) is 0 Å². The quantitative estimate of drug-likeness (QED) is 0.587. The summed E-state index contributed by atoms with van der Waals surface area (Å²) in [7, 11) is -2.74. The topological polar surface area (TPSA) is 67.5 Å². The fourth-order valence-corrected chi connectivity index (χ4v) is 2.26. The van der Waals surface area contributed by atoms with Gasteiger partial charge in [-0.25, -0.2) is 4.68 Å². The number of halogens is 1. The van der Waals surface area contributed by atoms with Crippen molar-refractivity contribution in [1.29, 1.82) is 0 Å². The van der Waals surface area contributed by atoms with Crippen LogP contribution in [0.1, 0.15) is 0 Å². The first-order valence-electron chi connectivity index (χ1n) is 5.46. The molecule has 0 aliphatic rings. The minimum atomic E-state index is -1.63. The second kappa shape index (κ2) is 6.01. The van der Waals surface area contributed by atoms with Crippen molar-refractivity contribution >= 4 is 32.4 Å². The molecule has 17 heavy (non-hydrogen) atoms. The van der Waals surface area contributed by atoms with Gasteiger partial charge in [0.25, 0.3) is 0 Å². The van der Waals surface area contributed by atoms with Gasteiger partial charge in [0.2, 0.25) is 0 Å². The summed E-state index contributed by atoms with van der Waals surface area (Å²) in [6.45, 7) is 7.64. The Kier molecular flexibility index (Phi) is 5.21. The monoisotopic (exact) mass is 276 g/mol. The predicted molar refractivity (Wildman–Crippen MR) is 71.2 cm³/mol. The molecule has 0 aliphatic carbocycles. The van der Waals surface area contributed by atoms with Crippen LogP contribution in [-0.2, 0) is 11.5 Å². The van der Waals surface area contributed by atoms with Gasteiger partial charge in [0.1, 0.15) is 6.73 Å². The largest absolute Gasteiger partial charge is 0.509 e. The first-order chi connectivity index (χ1) is 7.81. The molecule has 0 aliphatic heterocycles. The van der Waals surface area contributed by atoms with Gasteiger partial charge in [0.05, 0.1) is 16.8 Å². The summed E-state index contributed by atoms with van der Waals surface area (Å²) in [5.41, 5.74) is 0.166. The molecule has 0 bridgehead atoms. The molecule has 0 saturated heterocycles. The average molecular weight is 277 g/mol. The van der Waals surface area contributed by atoms with E-state index < -0.39 is 15.2 Å². The van der Waals surface area contributed by atoms with E-state index in [0.717, 1.165) is 6.04 Å². The summed E-state index contributed by atoms with van der Waals surface area (Å²) in [5, 5.41) is 22.4. The molecule has 2 N–H and O–H groups in total. The Morgan fingerprint density at radius 3 is 2.65 bits per heavy atom. The molecule has 0 amide bonds. The van der Waals surface area contributed by atoms with Gasteiger partial charge in [-0.15, -0.1) is 0 Å². The van der Waals surface area contributed by atoms with Crippen molar-refractivity contribution in [3.8, 4) is 0 Å². The van der Waals surface area contributed by atoms with Crippen molar-refractivity contribution < 1.29 is 14.8 Å². The van der Waals surface area contributed by atoms with Gasteiger partial charge in [-0.2, -0.15) is 5.10 Å². The van der Waals surface area contributed by atoms with Gasteiger partial charge in [0.15, 0.2) is 0 Å². The minimum Gasteiger partial charge on any atom is -0.422 e. The van der Waals surface area contributed by atoms with E-state index in [2.05, 4.69) is 24.7 Å². The third kappa shape index (κ3) is 4.81. The Labute approximate surface area is 108 Å². The van der Waals surface area contributed by atoms with E-state index in [9.17, 15) is 0 Å². The Hall–Kier alpha value is -0.338. The summed E-state index contributed by atoms with van der Waals surface area (Å²) in [5.74, 6) is 0. The summed E-state index contributed by atoms with van der Waals surface area (Å²) >= 11 is 5.77. The van der Waals surface area contributed by atoms with E-state index >= 15 is 0 Å². The zero-order valence-electron chi connectivity index (χ0n) is 10.4. The SMILES string of the molecule is C[Si](C)(C)CCOCn1ncc(Cl)c1B(O)O. The lowest BCUT2D eigenvalue weighted by Gasteiger charge is -2.15. The molecule has 0 spiro atoms. The second-order valence-electron chi connectivity index (χ2n) is 5.10. The molecule has 0 saturated carbocycles. The number of hydrogen-bond acceptors (Lipinski definition) is 4. The predicted octanol–water partition coefficient (Wildman–Crippen LogP) is 0.529. The first-order valence-corrected chi connectivity index (χ1v) is 9.55. The van der Waals surface area contributed by atoms with Crippen molar-refractivity contribution in [3.63, 3.8) is 0 Å². The molecule has 0 radical (unpaired) electrons. The van der Waals surface area contributed by atoms with Gasteiger partial charge in [-0.05, 0) is 6.04 Å². The van der Waals surface area contributed by atoms with E-state index in [1.165, 1.54) is 10.9 Å². The highest BCUT2D eigenvalue weighted by Crippen LogP contribution is 2.08.